The van der Waals surface area contributed by atoms with Crippen LogP contribution in [0.2, 0.25) is 5.02 Å². The molecule has 0 aromatic heterocycles. The van der Waals surface area contributed by atoms with Crippen molar-refractivity contribution in [1.29, 1.82) is 0 Å². The number of aromatic carboxylic acids is 1. The summed E-state index contributed by atoms with van der Waals surface area (Å²) in [5.41, 5.74) is -0.00885. The first kappa shape index (κ1) is 14.3. The number of aliphatic hydroxyl groups excluding tert-OH is 1. The van der Waals surface area contributed by atoms with Crippen LogP contribution in [0.1, 0.15) is 15.9 Å². The summed E-state index contributed by atoms with van der Waals surface area (Å²) in [6.45, 7) is 1.44. The molecule has 1 fully saturated rings. The number of carboxylic acid groups (broad SMARTS) is 1. The Hall–Kier alpha value is -1.15. The first-order valence-corrected chi connectivity index (χ1v) is 7.27. The average Bonchev–Trinajstić information content (AvgIpc) is 2.27. The lowest BCUT2D eigenvalue weighted by atomic mass is 10.1. The summed E-state index contributed by atoms with van der Waals surface area (Å²) in [6.07, 6.45) is -0.673. The highest BCUT2D eigenvalue weighted by atomic mass is 35.5. The Kier molecular flexibility index (Phi) is 3.57. The van der Waals surface area contributed by atoms with Gasteiger partial charge in [0, 0.05) is 18.1 Å². The lowest BCUT2D eigenvalue weighted by Crippen LogP contribution is -2.53. The molecule has 0 spiro atoms. The molecule has 0 bridgehead atoms. The molecule has 1 saturated heterocycles. The Bertz CT molecular complexity index is 637. The Morgan fingerprint density at radius 2 is 2.00 bits per heavy atom. The normalized spacial score (nSPS) is 17.2. The number of hydrogen-bond acceptors (Lipinski definition) is 4. The number of rotatable bonds is 3. The van der Waals surface area contributed by atoms with Gasteiger partial charge in [-0.3, -0.25) is 0 Å². The zero-order chi connectivity index (χ0) is 14.4. The molecule has 2 N–H and O–H groups in total. The fourth-order valence-electron chi connectivity index (χ4n) is 1.90. The van der Waals surface area contributed by atoms with Gasteiger partial charge in [0.05, 0.1) is 16.6 Å². The maximum absolute atomic E-state index is 12.3. The summed E-state index contributed by atoms with van der Waals surface area (Å²) in [7, 11) is -3.82. The maximum atomic E-state index is 12.3. The summed E-state index contributed by atoms with van der Waals surface area (Å²) in [4.78, 5) is 10.9. The second-order valence-corrected chi connectivity index (χ2v) is 6.70. The number of benzene rings is 1. The minimum absolute atomic E-state index is 0.0106. The zero-order valence-corrected chi connectivity index (χ0v) is 11.6. The molecule has 6 nitrogen and oxygen atoms in total. The molecule has 1 aliphatic rings. The van der Waals surface area contributed by atoms with Crippen molar-refractivity contribution in [3.63, 3.8) is 0 Å². The van der Waals surface area contributed by atoms with E-state index in [1.807, 2.05) is 0 Å². The van der Waals surface area contributed by atoms with E-state index in [9.17, 15) is 13.2 Å². The molecule has 0 amide bonds. The van der Waals surface area contributed by atoms with Crippen LogP contribution >= 0.6 is 11.6 Å². The molecule has 0 saturated carbocycles. The first-order valence-electron chi connectivity index (χ1n) is 5.45. The Balaban J connectivity index is 2.54. The lowest BCUT2D eigenvalue weighted by molar-refractivity contribution is 0.0547. The van der Waals surface area contributed by atoms with Crippen LogP contribution in [0, 0.1) is 6.92 Å². The molecular weight excluding hydrogens is 294 g/mol. The van der Waals surface area contributed by atoms with Gasteiger partial charge in [-0.1, -0.05) is 11.6 Å². The third-order valence-electron chi connectivity index (χ3n) is 3.00. The van der Waals surface area contributed by atoms with Crippen molar-refractivity contribution < 1.29 is 23.4 Å². The van der Waals surface area contributed by atoms with Gasteiger partial charge in [0.25, 0.3) is 0 Å². The quantitative estimate of drug-likeness (QED) is 0.857. The summed E-state index contributed by atoms with van der Waals surface area (Å²) >= 11 is 5.77. The number of hydrogen-bond donors (Lipinski definition) is 2. The Morgan fingerprint density at radius 3 is 2.47 bits per heavy atom. The summed E-state index contributed by atoms with van der Waals surface area (Å²) in [6, 6.07) is 2.44. The van der Waals surface area contributed by atoms with Gasteiger partial charge in [-0.05, 0) is 24.6 Å². The van der Waals surface area contributed by atoms with Gasteiger partial charge in [-0.2, -0.15) is 4.31 Å². The highest BCUT2D eigenvalue weighted by Gasteiger charge is 2.37. The van der Waals surface area contributed by atoms with Crippen molar-refractivity contribution in [2.75, 3.05) is 13.1 Å². The van der Waals surface area contributed by atoms with Gasteiger partial charge in [0.15, 0.2) is 0 Å². The van der Waals surface area contributed by atoms with Crippen molar-refractivity contribution in [2.24, 2.45) is 0 Å². The molecular formula is C11H12ClNO5S. The molecule has 104 valence electrons. The highest BCUT2D eigenvalue weighted by molar-refractivity contribution is 7.89. The maximum Gasteiger partial charge on any atom is 0.336 e. The Labute approximate surface area is 115 Å². The van der Waals surface area contributed by atoms with Crippen LogP contribution in [-0.2, 0) is 10.0 Å². The molecule has 2 rings (SSSR count). The molecule has 1 aliphatic heterocycles. The Morgan fingerprint density at radius 1 is 1.42 bits per heavy atom. The SMILES string of the molecule is Cc1c(C(=O)O)cc(Cl)cc1S(=O)(=O)N1CC(O)C1. The number of aliphatic hydroxyl groups is 1. The van der Waals surface area contributed by atoms with Crippen LogP contribution in [0.15, 0.2) is 17.0 Å². The fraction of sp³-hybridized carbons (Fsp3) is 0.364. The van der Waals surface area contributed by atoms with Gasteiger partial charge in [0.1, 0.15) is 0 Å². The number of β-amino-alcohol motifs (C(OH)–C–C–N with tert-alkyl or cyclic N) is 1. The van der Waals surface area contributed by atoms with Gasteiger partial charge in [-0.25, -0.2) is 13.2 Å². The molecule has 1 aromatic rings. The summed E-state index contributed by atoms with van der Waals surface area (Å²) in [5, 5.41) is 18.2. The predicted octanol–water partition coefficient (Wildman–Crippen LogP) is 0.712. The van der Waals surface area contributed by atoms with Crippen molar-refractivity contribution in [1.82, 2.24) is 4.31 Å². The van der Waals surface area contributed by atoms with Gasteiger partial charge < -0.3 is 10.2 Å². The number of carbonyl (C=O) groups is 1. The number of halogens is 1. The van der Waals surface area contributed by atoms with Crippen LogP contribution in [-0.4, -0.2) is 48.1 Å². The topological polar surface area (TPSA) is 94.9 Å². The third-order valence-corrected chi connectivity index (χ3v) is 5.18. The minimum atomic E-state index is -3.82. The molecule has 8 heteroatoms. The van der Waals surface area contributed by atoms with Crippen molar-refractivity contribution in [3.05, 3.63) is 28.3 Å². The predicted molar refractivity (Wildman–Crippen MR) is 67.9 cm³/mol. The molecule has 1 aromatic carbocycles. The molecule has 19 heavy (non-hydrogen) atoms. The van der Waals surface area contributed by atoms with Crippen molar-refractivity contribution in [2.45, 2.75) is 17.9 Å². The van der Waals surface area contributed by atoms with E-state index in [4.69, 9.17) is 21.8 Å². The second-order valence-electron chi connectivity index (χ2n) is 4.36. The largest absolute Gasteiger partial charge is 0.478 e. The summed E-state index contributed by atoms with van der Waals surface area (Å²) < 4.78 is 25.6. The fourth-order valence-corrected chi connectivity index (χ4v) is 3.97. The number of carboxylic acids is 1. The van der Waals surface area contributed by atoms with E-state index in [2.05, 4.69) is 0 Å². The minimum Gasteiger partial charge on any atom is -0.478 e. The van der Waals surface area contributed by atoms with E-state index < -0.39 is 22.1 Å². The lowest BCUT2D eigenvalue weighted by Gasteiger charge is -2.35. The smallest absolute Gasteiger partial charge is 0.336 e. The van der Waals surface area contributed by atoms with Gasteiger partial charge >= 0.3 is 5.97 Å². The van der Waals surface area contributed by atoms with Crippen LogP contribution in [0.5, 0.6) is 0 Å². The van der Waals surface area contributed by atoms with E-state index in [1.165, 1.54) is 19.1 Å². The second kappa shape index (κ2) is 4.75. The van der Waals surface area contributed by atoms with E-state index in [0.717, 1.165) is 4.31 Å². The van der Waals surface area contributed by atoms with Crippen LogP contribution in [0.3, 0.4) is 0 Å². The van der Waals surface area contributed by atoms with Gasteiger partial charge in [-0.15, -0.1) is 0 Å². The number of nitrogens with zero attached hydrogens (tertiary/aromatic N) is 1. The third kappa shape index (κ3) is 2.46. The van der Waals surface area contributed by atoms with Crippen LogP contribution in [0.25, 0.3) is 0 Å². The van der Waals surface area contributed by atoms with Crippen molar-refractivity contribution in [3.8, 4) is 0 Å². The van der Waals surface area contributed by atoms with E-state index in [-0.39, 0.29) is 34.1 Å². The molecule has 0 atom stereocenters. The van der Waals surface area contributed by atoms with E-state index in [1.54, 1.807) is 0 Å². The van der Waals surface area contributed by atoms with Crippen LogP contribution in [0.4, 0.5) is 0 Å². The first-order chi connectivity index (χ1) is 8.73. The molecule has 0 aliphatic carbocycles. The van der Waals surface area contributed by atoms with E-state index in [0.29, 0.717) is 0 Å². The zero-order valence-electron chi connectivity index (χ0n) is 10.00. The number of sulfonamides is 1. The monoisotopic (exact) mass is 305 g/mol. The van der Waals surface area contributed by atoms with E-state index >= 15 is 0 Å². The molecule has 0 radical (unpaired) electrons. The van der Waals surface area contributed by atoms with Gasteiger partial charge in [0.2, 0.25) is 10.0 Å². The molecule has 0 unspecified atom stereocenters. The van der Waals surface area contributed by atoms with Crippen LogP contribution < -0.4 is 0 Å². The summed E-state index contributed by atoms with van der Waals surface area (Å²) in [5.74, 6) is -1.24. The average molecular weight is 306 g/mol. The van der Waals surface area contributed by atoms with Crippen molar-refractivity contribution >= 4 is 27.6 Å². The molecule has 1 heterocycles. The highest BCUT2D eigenvalue weighted by Crippen LogP contribution is 2.29. The standard InChI is InChI=1S/C11H12ClNO5S/c1-6-9(11(15)16)2-7(12)3-10(6)19(17,18)13-4-8(14)5-13/h2-3,8,14H,4-5H2,1H3,(H,15,16).